The molecule has 1 aliphatic carbocycles. The summed E-state index contributed by atoms with van der Waals surface area (Å²) in [5.74, 6) is -2.60. The van der Waals surface area contributed by atoms with E-state index < -0.39 is 65.3 Å². The van der Waals surface area contributed by atoms with E-state index in [-0.39, 0.29) is 36.9 Å². The number of amides is 5. The van der Waals surface area contributed by atoms with Crippen LogP contribution in [0.25, 0.3) is 0 Å². The van der Waals surface area contributed by atoms with Gasteiger partial charge in [-0.05, 0) is 41.9 Å². The van der Waals surface area contributed by atoms with E-state index in [1.807, 2.05) is 55.4 Å². The second-order valence-corrected chi connectivity index (χ2v) is 14.4. The Kier molecular flexibility index (Phi) is 14.1. The quantitative estimate of drug-likeness (QED) is 0.156. The van der Waals surface area contributed by atoms with Crippen LogP contribution in [-0.4, -0.2) is 84.5 Å². The average molecular weight is 638 g/mol. The SMILES string of the molecule is CC[C@@H]1CC(C(=O)NC(CC2CCC2)C(=O)C(N)=O)N(C(=O)C(NC(=O)N[C@H](COC(=O)OCC(C)C)C(C)C)C(C)(C)C)C1. The van der Waals surface area contributed by atoms with Crippen LogP contribution in [0.5, 0.6) is 0 Å². The number of carbonyl (C=O) groups excluding carboxylic acids is 6. The van der Waals surface area contributed by atoms with Crippen LogP contribution in [0.4, 0.5) is 9.59 Å². The van der Waals surface area contributed by atoms with E-state index in [0.29, 0.717) is 19.4 Å². The first kappa shape index (κ1) is 37.8. The predicted molar refractivity (Wildman–Crippen MR) is 168 cm³/mol. The molecule has 0 spiro atoms. The molecule has 1 saturated heterocycles. The highest BCUT2D eigenvalue weighted by molar-refractivity contribution is 6.37. The summed E-state index contributed by atoms with van der Waals surface area (Å²) < 4.78 is 10.2. The molecule has 13 heteroatoms. The molecule has 0 bridgehead atoms. The summed E-state index contributed by atoms with van der Waals surface area (Å²) in [7, 11) is 0. The smallest absolute Gasteiger partial charge is 0.434 e. The Morgan fingerprint density at radius 2 is 1.53 bits per heavy atom. The lowest BCUT2D eigenvalue weighted by molar-refractivity contribution is -0.143. The molecule has 1 heterocycles. The van der Waals surface area contributed by atoms with Gasteiger partial charge in [0.15, 0.2) is 0 Å². The zero-order chi connectivity index (χ0) is 34.1. The van der Waals surface area contributed by atoms with Crippen molar-refractivity contribution in [2.45, 2.75) is 118 Å². The zero-order valence-corrected chi connectivity index (χ0v) is 28.3. The van der Waals surface area contributed by atoms with Crippen molar-refractivity contribution < 1.29 is 38.2 Å². The number of nitrogens with two attached hydrogens (primary N) is 1. The summed E-state index contributed by atoms with van der Waals surface area (Å²) in [6.07, 6.45) is 3.48. The van der Waals surface area contributed by atoms with Gasteiger partial charge in [0.25, 0.3) is 5.91 Å². The van der Waals surface area contributed by atoms with E-state index in [0.717, 1.165) is 25.7 Å². The van der Waals surface area contributed by atoms with Gasteiger partial charge in [0.2, 0.25) is 17.6 Å². The minimum Gasteiger partial charge on any atom is -0.434 e. The van der Waals surface area contributed by atoms with Crippen LogP contribution in [0.15, 0.2) is 0 Å². The number of Topliss-reactive ketones (excluding diaryl/α,β-unsaturated/α-hetero) is 1. The van der Waals surface area contributed by atoms with Crippen molar-refractivity contribution in [2.24, 2.45) is 34.8 Å². The molecule has 3 unspecified atom stereocenters. The Bertz CT molecular complexity index is 1070. The first-order valence-corrected chi connectivity index (χ1v) is 16.3. The summed E-state index contributed by atoms with van der Waals surface area (Å²) in [5.41, 5.74) is 4.55. The number of hydrogen-bond donors (Lipinski definition) is 4. The minimum atomic E-state index is -1.11. The van der Waals surface area contributed by atoms with Crippen LogP contribution in [0.3, 0.4) is 0 Å². The number of carbonyl (C=O) groups is 6. The number of ketones is 1. The third-order valence-corrected chi connectivity index (χ3v) is 8.65. The Labute approximate surface area is 267 Å². The molecule has 2 rings (SSSR count). The number of urea groups is 1. The molecular formula is C32H55N5O8. The topological polar surface area (TPSA) is 186 Å². The normalized spacial score (nSPS) is 20.5. The van der Waals surface area contributed by atoms with Gasteiger partial charge in [-0.15, -0.1) is 0 Å². The van der Waals surface area contributed by atoms with Crippen molar-refractivity contribution >= 4 is 35.7 Å². The highest BCUT2D eigenvalue weighted by atomic mass is 16.7. The van der Waals surface area contributed by atoms with E-state index >= 15 is 0 Å². The van der Waals surface area contributed by atoms with Gasteiger partial charge in [-0.1, -0.05) is 81.1 Å². The van der Waals surface area contributed by atoms with E-state index in [1.165, 1.54) is 4.90 Å². The molecular weight excluding hydrogens is 582 g/mol. The van der Waals surface area contributed by atoms with Crippen molar-refractivity contribution in [1.29, 1.82) is 0 Å². The summed E-state index contributed by atoms with van der Waals surface area (Å²) in [6, 6.07) is -4.11. The lowest BCUT2D eigenvalue weighted by Gasteiger charge is -2.36. The van der Waals surface area contributed by atoms with Crippen molar-refractivity contribution in [3.8, 4) is 0 Å². The summed E-state index contributed by atoms with van der Waals surface area (Å²) in [5, 5.41) is 8.33. The summed E-state index contributed by atoms with van der Waals surface area (Å²) in [4.78, 5) is 78.7. The molecule has 45 heavy (non-hydrogen) atoms. The number of ether oxygens (including phenoxy) is 2. The molecule has 0 aromatic heterocycles. The molecule has 0 aromatic carbocycles. The van der Waals surface area contributed by atoms with Crippen LogP contribution in [0.2, 0.25) is 0 Å². The second kappa shape index (κ2) is 16.8. The highest BCUT2D eigenvalue weighted by Gasteiger charge is 2.45. The first-order valence-electron chi connectivity index (χ1n) is 16.3. The van der Waals surface area contributed by atoms with Crippen molar-refractivity contribution in [2.75, 3.05) is 19.8 Å². The van der Waals surface area contributed by atoms with E-state index in [1.54, 1.807) is 0 Å². The fourth-order valence-corrected chi connectivity index (χ4v) is 5.43. The van der Waals surface area contributed by atoms with Gasteiger partial charge in [0, 0.05) is 6.54 Å². The molecule has 5 N–H and O–H groups in total. The number of nitrogens with one attached hydrogen (secondary N) is 3. The Morgan fingerprint density at radius 3 is 2.02 bits per heavy atom. The maximum absolute atomic E-state index is 14.1. The van der Waals surface area contributed by atoms with E-state index in [2.05, 4.69) is 16.0 Å². The van der Waals surface area contributed by atoms with Gasteiger partial charge in [0.1, 0.15) is 18.7 Å². The maximum atomic E-state index is 14.1. The number of nitrogens with zero attached hydrogens (tertiary/aromatic N) is 1. The fraction of sp³-hybridized carbons (Fsp3) is 0.812. The number of hydrogen-bond acceptors (Lipinski definition) is 8. The lowest BCUT2D eigenvalue weighted by Crippen LogP contribution is -2.61. The monoisotopic (exact) mass is 637 g/mol. The lowest BCUT2D eigenvalue weighted by atomic mass is 9.80. The average Bonchev–Trinajstić information content (AvgIpc) is 3.37. The largest absolute Gasteiger partial charge is 0.508 e. The van der Waals surface area contributed by atoms with Crippen LogP contribution in [-0.2, 0) is 28.7 Å². The molecule has 256 valence electrons. The van der Waals surface area contributed by atoms with Crippen LogP contribution >= 0.6 is 0 Å². The van der Waals surface area contributed by atoms with Gasteiger partial charge in [-0.3, -0.25) is 19.2 Å². The summed E-state index contributed by atoms with van der Waals surface area (Å²) >= 11 is 0. The predicted octanol–water partition coefficient (Wildman–Crippen LogP) is 2.89. The molecule has 5 amide bonds. The zero-order valence-electron chi connectivity index (χ0n) is 28.3. The standard InChI is InChI=1S/C32H55N5O8/c1-9-20-14-24(28(40)34-22(25(38)27(33)39)13-21-11-10-12-21)37(15-20)29(41)26(32(6,7)8)36-30(42)35-23(19(4)5)17-45-31(43)44-16-18(2)3/h18-24,26H,9-17H2,1-8H3,(H2,33,39)(H,34,40)(H2,35,36,42)/t20-,22?,23-,24?,26?/m1/s1. The number of rotatable bonds is 15. The Balaban J connectivity index is 2.17. The van der Waals surface area contributed by atoms with Crippen molar-refractivity contribution in [3.63, 3.8) is 0 Å². The van der Waals surface area contributed by atoms with Crippen LogP contribution in [0.1, 0.15) is 93.9 Å². The van der Waals surface area contributed by atoms with Gasteiger partial charge >= 0.3 is 12.2 Å². The second-order valence-electron chi connectivity index (χ2n) is 14.4. The molecule has 1 saturated carbocycles. The van der Waals surface area contributed by atoms with E-state index in [9.17, 15) is 28.8 Å². The van der Waals surface area contributed by atoms with Gasteiger partial charge in [-0.2, -0.15) is 0 Å². The molecule has 2 aliphatic rings. The van der Waals surface area contributed by atoms with Crippen LogP contribution < -0.4 is 21.7 Å². The molecule has 0 aromatic rings. The molecule has 5 atom stereocenters. The Morgan fingerprint density at radius 1 is 0.911 bits per heavy atom. The van der Waals surface area contributed by atoms with Gasteiger partial charge in [0.05, 0.1) is 18.7 Å². The number of likely N-dealkylation sites (tertiary alicyclic amines) is 1. The van der Waals surface area contributed by atoms with E-state index in [4.69, 9.17) is 15.2 Å². The first-order chi connectivity index (χ1) is 20.9. The van der Waals surface area contributed by atoms with Crippen molar-refractivity contribution in [3.05, 3.63) is 0 Å². The third-order valence-electron chi connectivity index (χ3n) is 8.65. The molecule has 0 radical (unpaired) electrons. The molecule has 1 aliphatic heterocycles. The number of primary amides is 1. The van der Waals surface area contributed by atoms with Gasteiger partial charge in [-0.25, -0.2) is 9.59 Å². The highest BCUT2D eigenvalue weighted by Crippen LogP contribution is 2.32. The van der Waals surface area contributed by atoms with Crippen molar-refractivity contribution in [1.82, 2.24) is 20.9 Å². The minimum absolute atomic E-state index is 0.0361. The molecule has 2 fully saturated rings. The summed E-state index contributed by atoms with van der Waals surface area (Å²) in [6.45, 7) is 15.3. The maximum Gasteiger partial charge on any atom is 0.508 e. The third kappa shape index (κ3) is 11.5. The molecule has 13 nitrogen and oxygen atoms in total. The fourth-order valence-electron chi connectivity index (χ4n) is 5.43. The van der Waals surface area contributed by atoms with Gasteiger partial charge < -0.3 is 36.1 Å². The van der Waals surface area contributed by atoms with Crippen LogP contribution in [0, 0.1) is 29.1 Å². The Hall–Kier alpha value is -3.38.